The van der Waals surface area contributed by atoms with Gasteiger partial charge in [0.25, 0.3) is 0 Å². The van der Waals surface area contributed by atoms with Gasteiger partial charge in [0.1, 0.15) is 6.26 Å². The molecule has 1 aliphatic rings. The second-order valence-electron chi connectivity index (χ2n) is 4.39. The number of hydrogen-bond acceptors (Lipinski definition) is 4. The molecule has 0 aromatic carbocycles. The second kappa shape index (κ2) is 5.46. The molecule has 1 aromatic rings. The zero-order valence-corrected chi connectivity index (χ0v) is 10.2. The predicted molar refractivity (Wildman–Crippen MR) is 63.2 cm³/mol. The van der Waals surface area contributed by atoms with Crippen LogP contribution in [-0.2, 0) is 13.0 Å². The summed E-state index contributed by atoms with van der Waals surface area (Å²) in [6, 6.07) is 0.631. The number of nitrogens with one attached hydrogen (secondary N) is 1. The van der Waals surface area contributed by atoms with Crippen LogP contribution in [0.4, 0.5) is 0 Å². The molecule has 4 heteroatoms. The normalized spacial score (nSPS) is 21.8. The minimum atomic E-state index is 0.631. The maximum atomic E-state index is 5.49. The molecule has 0 saturated carbocycles. The quantitative estimate of drug-likeness (QED) is 0.819. The maximum Gasteiger partial charge on any atom is 0.195 e. The van der Waals surface area contributed by atoms with E-state index in [1.807, 2.05) is 7.05 Å². The summed E-state index contributed by atoms with van der Waals surface area (Å²) in [5, 5.41) is 3.08. The van der Waals surface area contributed by atoms with E-state index < -0.39 is 0 Å². The first kappa shape index (κ1) is 11.6. The third-order valence-corrected chi connectivity index (χ3v) is 3.27. The molecule has 0 amide bonds. The average Bonchev–Trinajstić information content (AvgIpc) is 2.89. The molecule has 2 rings (SSSR count). The topological polar surface area (TPSA) is 41.3 Å². The molecule has 0 aliphatic carbocycles. The molecule has 1 aromatic heterocycles. The molecule has 1 aliphatic heterocycles. The summed E-state index contributed by atoms with van der Waals surface area (Å²) >= 11 is 0. The number of aromatic nitrogens is 1. The van der Waals surface area contributed by atoms with Gasteiger partial charge in [-0.05, 0) is 33.0 Å². The third kappa shape index (κ3) is 2.62. The SMILES string of the molecule is CCN1CCCC1Cc1nc(CNC)co1. The van der Waals surface area contributed by atoms with Crippen molar-refractivity contribution >= 4 is 0 Å². The van der Waals surface area contributed by atoms with Gasteiger partial charge in [-0.3, -0.25) is 0 Å². The Morgan fingerprint density at radius 1 is 1.62 bits per heavy atom. The van der Waals surface area contributed by atoms with Gasteiger partial charge in [-0.2, -0.15) is 0 Å². The van der Waals surface area contributed by atoms with Crippen LogP contribution in [0.15, 0.2) is 10.7 Å². The number of likely N-dealkylation sites (tertiary alicyclic amines) is 1. The maximum absolute atomic E-state index is 5.49. The van der Waals surface area contributed by atoms with Crippen LogP contribution < -0.4 is 5.32 Å². The second-order valence-corrected chi connectivity index (χ2v) is 4.39. The van der Waals surface area contributed by atoms with E-state index in [4.69, 9.17) is 4.42 Å². The molecule has 90 valence electrons. The van der Waals surface area contributed by atoms with Gasteiger partial charge in [-0.25, -0.2) is 4.98 Å². The number of rotatable bonds is 5. The van der Waals surface area contributed by atoms with Gasteiger partial charge in [0.2, 0.25) is 0 Å². The van der Waals surface area contributed by atoms with E-state index in [9.17, 15) is 0 Å². The van der Waals surface area contributed by atoms with E-state index in [2.05, 4.69) is 22.1 Å². The van der Waals surface area contributed by atoms with Crippen molar-refractivity contribution in [2.45, 2.75) is 38.8 Å². The highest BCUT2D eigenvalue weighted by Gasteiger charge is 2.24. The first-order valence-electron chi connectivity index (χ1n) is 6.15. The van der Waals surface area contributed by atoms with Crippen LogP contribution in [0.2, 0.25) is 0 Å². The van der Waals surface area contributed by atoms with Crippen molar-refractivity contribution in [2.24, 2.45) is 0 Å². The Hall–Kier alpha value is -0.870. The number of nitrogens with zero attached hydrogens (tertiary/aromatic N) is 2. The molecule has 0 radical (unpaired) electrons. The molecule has 1 saturated heterocycles. The van der Waals surface area contributed by atoms with Gasteiger partial charge in [0.15, 0.2) is 5.89 Å². The molecule has 0 bridgehead atoms. The Bertz CT molecular complexity index is 324. The molecule has 1 N–H and O–H groups in total. The molecule has 4 nitrogen and oxygen atoms in total. The number of hydrogen-bond donors (Lipinski definition) is 1. The summed E-state index contributed by atoms with van der Waals surface area (Å²) < 4.78 is 5.49. The smallest absolute Gasteiger partial charge is 0.195 e. The highest BCUT2D eigenvalue weighted by molar-refractivity contribution is 4.98. The fourth-order valence-electron chi connectivity index (χ4n) is 2.45. The van der Waals surface area contributed by atoms with Crippen LogP contribution in [0.1, 0.15) is 31.4 Å². The number of oxazole rings is 1. The van der Waals surface area contributed by atoms with Gasteiger partial charge < -0.3 is 14.6 Å². The third-order valence-electron chi connectivity index (χ3n) is 3.27. The van der Waals surface area contributed by atoms with Crippen molar-refractivity contribution in [3.8, 4) is 0 Å². The van der Waals surface area contributed by atoms with Gasteiger partial charge >= 0.3 is 0 Å². The van der Waals surface area contributed by atoms with Gasteiger partial charge in [0.05, 0.1) is 5.69 Å². The summed E-state index contributed by atoms with van der Waals surface area (Å²) in [6.07, 6.45) is 5.30. The van der Waals surface area contributed by atoms with Crippen molar-refractivity contribution in [1.82, 2.24) is 15.2 Å². The fraction of sp³-hybridized carbons (Fsp3) is 0.750. The van der Waals surface area contributed by atoms with Crippen molar-refractivity contribution in [3.63, 3.8) is 0 Å². The van der Waals surface area contributed by atoms with Crippen LogP contribution in [0, 0.1) is 0 Å². The lowest BCUT2D eigenvalue weighted by Gasteiger charge is -2.20. The largest absolute Gasteiger partial charge is 0.449 e. The first-order valence-corrected chi connectivity index (χ1v) is 6.15. The fourth-order valence-corrected chi connectivity index (χ4v) is 2.45. The highest BCUT2D eigenvalue weighted by atomic mass is 16.3. The van der Waals surface area contributed by atoms with Crippen LogP contribution in [0.3, 0.4) is 0 Å². The lowest BCUT2D eigenvalue weighted by molar-refractivity contribution is 0.254. The predicted octanol–water partition coefficient (Wildman–Crippen LogP) is 1.42. The zero-order chi connectivity index (χ0) is 11.4. The molecule has 1 unspecified atom stereocenters. The Balaban J connectivity index is 1.92. The summed E-state index contributed by atoms with van der Waals surface area (Å²) in [7, 11) is 1.92. The van der Waals surface area contributed by atoms with Gasteiger partial charge in [-0.1, -0.05) is 6.92 Å². The van der Waals surface area contributed by atoms with Gasteiger partial charge in [0, 0.05) is 19.0 Å². The zero-order valence-electron chi connectivity index (χ0n) is 10.2. The molecule has 16 heavy (non-hydrogen) atoms. The monoisotopic (exact) mass is 223 g/mol. The first-order chi connectivity index (χ1) is 7.83. The summed E-state index contributed by atoms with van der Waals surface area (Å²) in [5.41, 5.74) is 0.999. The minimum Gasteiger partial charge on any atom is -0.449 e. The Labute approximate surface area is 97.0 Å². The van der Waals surface area contributed by atoms with Crippen LogP contribution >= 0.6 is 0 Å². The van der Waals surface area contributed by atoms with E-state index in [0.29, 0.717) is 6.04 Å². The van der Waals surface area contributed by atoms with Crippen molar-refractivity contribution in [1.29, 1.82) is 0 Å². The lowest BCUT2D eigenvalue weighted by atomic mass is 10.1. The molecule has 2 heterocycles. The van der Waals surface area contributed by atoms with E-state index in [1.54, 1.807) is 6.26 Å². The Morgan fingerprint density at radius 3 is 3.25 bits per heavy atom. The highest BCUT2D eigenvalue weighted by Crippen LogP contribution is 2.20. The Morgan fingerprint density at radius 2 is 2.50 bits per heavy atom. The summed E-state index contributed by atoms with van der Waals surface area (Å²) in [5.74, 6) is 0.885. The molecular formula is C12H21N3O. The average molecular weight is 223 g/mol. The number of likely N-dealkylation sites (N-methyl/N-ethyl adjacent to an activating group) is 1. The van der Waals surface area contributed by atoms with E-state index in [1.165, 1.54) is 19.4 Å². The van der Waals surface area contributed by atoms with E-state index >= 15 is 0 Å². The van der Waals surface area contributed by atoms with Crippen molar-refractivity contribution < 1.29 is 4.42 Å². The standard InChI is InChI=1S/C12H21N3O/c1-3-15-6-4-5-11(15)7-12-14-10(8-13-2)9-16-12/h9,11,13H,3-8H2,1-2H3. The van der Waals surface area contributed by atoms with E-state index in [0.717, 1.165) is 31.1 Å². The Kier molecular flexibility index (Phi) is 3.96. The summed E-state index contributed by atoms with van der Waals surface area (Å²) in [6.45, 7) is 5.37. The molecule has 0 spiro atoms. The summed E-state index contributed by atoms with van der Waals surface area (Å²) in [4.78, 5) is 6.99. The van der Waals surface area contributed by atoms with Crippen LogP contribution in [0.25, 0.3) is 0 Å². The van der Waals surface area contributed by atoms with E-state index in [-0.39, 0.29) is 0 Å². The van der Waals surface area contributed by atoms with Crippen molar-refractivity contribution in [3.05, 3.63) is 17.8 Å². The van der Waals surface area contributed by atoms with Gasteiger partial charge in [-0.15, -0.1) is 0 Å². The molecular weight excluding hydrogens is 202 g/mol. The van der Waals surface area contributed by atoms with Crippen molar-refractivity contribution in [2.75, 3.05) is 20.1 Å². The molecule has 1 fully saturated rings. The minimum absolute atomic E-state index is 0.631. The lowest BCUT2D eigenvalue weighted by Crippen LogP contribution is -2.30. The van der Waals surface area contributed by atoms with Crippen LogP contribution in [-0.4, -0.2) is 36.1 Å². The molecule has 1 atom stereocenters. The van der Waals surface area contributed by atoms with Crippen LogP contribution in [0.5, 0.6) is 0 Å².